The number of benzene rings is 2. The summed E-state index contributed by atoms with van der Waals surface area (Å²) in [6.07, 6.45) is 0. The first-order valence-electron chi connectivity index (χ1n) is 11.1. The maximum atomic E-state index is 13.3. The lowest BCUT2D eigenvalue weighted by Crippen LogP contribution is -2.29. The van der Waals surface area contributed by atoms with Gasteiger partial charge >= 0.3 is 0 Å². The molecule has 1 aliphatic rings. The third-order valence-electron chi connectivity index (χ3n) is 5.69. The molecule has 0 aliphatic carbocycles. The van der Waals surface area contributed by atoms with Crippen LogP contribution >= 0.6 is 11.3 Å². The van der Waals surface area contributed by atoms with E-state index in [1.807, 2.05) is 35.7 Å². The minimum absolute atomic E-state index is 0.0972. The number of carbonyl (C=O) groups excluding carboxylic acids is 1. The van der Waals surface area contributed by atoms with Gasteiger partial charge in [0.25, 0.3) is 5.91 Å². The Kier molecular flexibility index (Phi) is 6.68. The Morgan fingerprint density at radius 2 is 1.75 bits per heavy atom. The van der Waals surface area contributed by atoms with Crippen molar-refractivity contribution < 1.29 is 33.0 Å². The molecule has 0 bridgehead atoms. The van der Waals surface area contributed by atoms with E-state index >= 15 is 0 Å². The summed E-state index contributed by atoms with van der Waals surface area (Å²) in [4.78, 5) is 15.7. The highest BCUT2D eigenvalue weighted by atomic mass is 32.1. The van der Waals surface area contributed by atoms with Gasteiger partial charge in [0.15, 0.2) is 28.8 Å². The van der Waals surface area contributed by atoms with Crippen LogP contribution in [0.3, 0.4) is 0 Å². The molecule has 36 heavy (non-hydrogen) atoms. The predicted octanol–water partition coefficient (Wildman–Crippen LogP) is 5.00. The van der Waals surface area contributed by atoms with Crippen molar-refractivity contribution in [1.82, 2.24) is 10.1 Å². The monoisotopic (exact) mass is 508 g/mol. The first kappa shape index (κ1) is 23.6. The standard InChI is InChI=1S/C26H24N2O7S/c1-30-22-10-17(11-23(31-2)25(22)32-3)20-12-18(27-35-20)14-28(26(29)24-5-4-8-36-24)13-16-6-7-19-21(9-16)34-15-33-19/h4-12H,13-15H2,1-3H3. The Bertz CT molecular complexity index is 1340. The Morgan fingerprint density at radius 3 is 2.44 bits per heavy atom. The molecule has 3 heterocycles. The van der Waals surface area contributed by atoms with Crippen LogP contribution in [0.1, 0.15) is 20.9 Å². The number of fused-ring (bicyclic) bond motifs is 1. The summed E-state index contributed by atoms with van der Waals surface area (Å²) in [6.45, 7) is 0.804. The normalized spacial score (nSPS) is 11.9. The molecule has 2 aromatic heterocycles. The molecule has 4 aromatic rings. The van der Waals surface area contributed by atoms with E-state index in [1.54, 1.807) is 44.4 Å². The molecule has 0 atom stereocenters. The molecule has 5 rings (SSSR count). The van der Waals surface area contributed by atoms with Crippen molar-refractivity contribution >= 4 is 17.2 Å². The predicted molar refractivity (Wildman–Crippen MR) is 132 cm³/mol. The number of ether oxygens (including phenoxy) is 5. The second-order valence-corrected chi connectivity index (χ2v) is 8.87. The van der Waals surface area contributed by atoms with E-state index in [9.17, 15) is 4.79 Å². The summed E-state index contributed by atoms with van der Waals surface area (Å²) < 4.78 is 32.8. The van der Waals surface area contributed by atoms with Crippen LogP contribution in [-0.2, 0) is 13.1 Å². The lowest BCUT2D eigenvalue weighted by atomic mass is 10.1. The maximum Gasteiger partial charge on any atom is 0.264 e. The Labute approximate surface area is 211 Å². The molecule has 0 fully saturated rings. The molecule has 10 heteroatoms. The van der Waals surface area contributed by atoms with Gasteiger partial charge in [0, 0.05) is 18.2 Å². The molecule has 0 spiro atoms. The van der Waals surface area contributed by atoms with Crippen LogP contribution in [0.5, 0.6) is 28.7 Å². The highest BCUT2D eigenvalue weighted by Crippen LogP contribution is 2.41. The average Bonchev–Trinajstić information content (AvgIpc) is 3.69. The molecule has 0 unspecified atom stereocenters. The third-order valence-corrected chi connectivity index (χ3v) is 6.55. The van der Waals surface area contributed by atoms with Crippen molar-refractivity contribution in [2.45, 2.75) is 13.1 Å². The van der Waals surface area contributed by atoms with Crippen LogP contribution in [0, 0.1) is 0 Å². The lowest BCUT2D eigenvalue weighted by molar-refractivity contribution is 0.0731. The number of amides is 1. The van der Waals surface area contributed by atoms with Crippen molar-refractivity contribution in [1.29, 1.82) is 0 Å². The summed E-state index contributed by atoms with van der Waals surface area (Å²) in [7, 11) is 4.65. The molecule has 1 aliphatic heterocycles. The molecule has 9 nitrogen and oxygen atoms in total. The number of methoxy groups -OCH3 is 3. The Hall–Kier alpha value is -4.18. The quantitative estimate of drug-likeness (QED) is 0.312. The zero-order valence-electron chi connectivity index (χ0n) is 20.0. The van der Waals surface area contributed by atoms with Crippen LogP contribution in [0.15, 0.2) is 58.4 Å². The summed E-state index contributed by atoms with van der Waals surface area (Å²) >= 11 is 1.39. The van der Waals surface area contributed by atoms with E-state index in [0.717, 1.165) is 5.56 Å². The number of nitrogens with zero attached hydrogens (tertiary/aromatic N) is 2. The molecule has 186 valence electrons. The zero-order chi connectivity index (χ0) is 25.1. The fourth-order valence-corrected chi connectivity index (χ4v) is 4.65. The molecule has 1 amide bonds. The summed E-state index contributed by atoms with van der Waals surface area (Å²) in [5.41, 5.74) is 2.22. The summed E-state index contributed by atoms with van der Waals surface area (Å²) in [5, 5.41) is 6.11. The van der Waals surface area contributed by atoms with Crippen LogP contribution in [0.4, 0.5) is 0 Å². The van der Waals surface area contributed by atoms with Crippen LogP contribution in [-0.4, -0.2) is 44.1 Å². The van der Waals surface area contributed by atoms with Crippen molar-refractivity contribution in [3.8, 4) is 40.1 Å². The van der Waals surface area contributed by atoms with Crippen LogP contribution < -0.4 is 23.7 Å². The van der Waals surface area contributed by atoms with E-state index in [-0.39, 0.29) is 19.2 Å². The van der Waals surface area contributed by atoms with Gasteiger partial charge in [0.05, 0.1) is 32.8 Å². The minimum atomic E-state index is -0.0972. The molecular formula is C26H24N2O7S. The van der Waals surface area contributed by atoms with Gasteiger partial charge in [-0.05, 0) is 41.3 Å². The maximum absolute atomic E-state index is 13.3. The van der Waals surface area contributed by atoms with Gasteiger partial charge in [0.1, 0.15) is 5.69 Å². The van der Waals surface area contributed by atoms with Crippen molar-refractivity contribution in [3.05, 3.63) is 70.0 Å². The van der Waals surface area contributed by atoms with Gasteiger partial charge in [-0.25, -0.2) is 0 Å². The molecule has 0 saturated carbocycles. The molecule has 2 aromatic carbocycles. The SMILES string of the molecule is COc1cc(-c2cc(CN(Cc3ccc4c(c3)OCO4)C(=O)c3cccs3)no2)cc(OC)c1OC. The van der Waals surface area contributed by atoms with E-state index in [1.165, 1.54) is 11.3 Å². The number of rotatable bonds is 9. The van der Waals surface area contributed by atoms with E-state index in [4.69, 9.17) is 28.2 Å². The fraction of sp³-hybridized carbons (Fsp3) is 0.231. The van der Waals surface area contributed by atoms with Gasteiger partial charge in [-0.1, -0.05) is 17.3 Å². The smallest absolute Gasteiger partial charge is 0.264 e. The first-order valence-corrected chi connectivity index (χ1v) is 11.9. The first-order chi connectivity index (χ1) is 17.6. The Balaban J connectivity index is 1.42. The number of carbonyl (C=O) groups is 1. The average molecular weight is 509 g/mol. The molecular weight excluding hydrogens is 484 g/mol. The van der Waals surface area contributed by atoms with Gasteiger partial charge in [-0.15, -0.1) is 11.3 Å². The second-order valence-electron chi connectivity index (χ2n) is 7.92. The van der Waals surface area contributed by atoms with Crippen LogP contribution in [0.25, 0.3) is 11.3 Å². The topological polar surface area (TPSA) is 92.5 Å². The highest BCUT2D eigenvalue weighted by molar-refractivity contribution is 7.12. The lowest BCUT2D eigenvalue weighted by Gasteiger charge is -2.21. The molecule has 0 saturated heterocycles. The highest BCUT2D eigenvalue weighted by Gasteiger charge is 2.22. The van der Waals surface area contributed by atoms with E-state index < -0.39 is 0 Å². The number of hydrogen-bond donors (Lipinski definition) is 0. The van der Waals surface area contributed by atoms with Gasteiger partial charge < -0.3 is 33.1 Å². The number of aromatic nitrogens is 1. The zero-order valence-corrected chi connectivity index (χ0v) is 20.8. The summed E-state index contributed by atoms with van der Waals surface area (Å²) in [6, 6.07) is 14.7. The molecule has 0 radical (unpaired) electrons. The van der Waals surface area contributed by atoms with Crippen molar-refractivity contribution in [2.75, 3.05) is 28.1 Å². The van der Waals surface area contributed by atoms with Gasteiger partial charge in [-0.3, -0.25) is 4.79 Å². The van der Waals surface area contributed by atoms with Crippen LogP contribution in [0.2, 0.25) is 0 Å². The minimum Gasteiger partial charge on any atom is -0.493 e. The largest absolute Gasteiger partial charge is 0.493 e. The fourth-order valence-electron chi connectivity index (χ4n) is 3.96. The summed E-state index contributed by atoms with van der Waals surface area (Å²) in [5.74, 6) is 3.27. The molecule has 0 N–H and O–H groups in total. The van der Waals surface area contributed by atoms with Crippen molar-refractivity contribution in [3.63, 3.8) is 0 Å². The van der Waals surface area contributed by atoms with Gasteiger partial charge in [0.2, 0.25) is 12.5 Å². The van der Waals surface area contributed by atoms with Crippen molar-refractivity contribution in [2.24, 2.45) is 0 Å². The Morgan fingerprint density at radius 1 is 0.972 bits per heavy atom. The van der Waals surface area contributed by atoms with E-state index in [0.29, 0.717) is 57.2 Å². The van der Waals surface area contributed by atoms with Gasteiger partial charge in [-0.2, -0.15) is 0 Å². The third kappa shape index (κ3) is 4.67. The van der Waals surface area contributed by atoms with E-state index in [2.05, 4.69) is 5.16 Å². The second kappa shape index (κ2) is 10.2. The number of thiophene rings is 1. The number of hydrogen-bond acceptors (Lipinski definition) is 9.